The standard InChI is InChI=1S/C17H23FN4O.ClH/c1-4-7-19-8-9-20-17(23)14-5-6-16(15(18)11-14)22-13(3)10-12(2)21-22;/h5-6,10-11,19H,4,7-9H2,1-3H3,(H,20,23);1H. The second kappa shape index (κ2) is 9.39. The number of carbonyl (C=O) groups is 1. The first kappa shape index (κ1) is 20.1. The average Bonchev–Trinajstić information content (AvgIpc) is 2.85. The van der Waals surface area contributed by atoms with E-state index in [0.717, 1.165) is 24.4 Å². The Morgan fingerprint density at radius 2 is 1.96 bits per heavy atom. The molecule has 2 N–H and O–H groups in total. The summed E-state index contributed by atoms with van der Waals surface area (Å²) in [5.74, 6) is -0.741. The van der Waals surface area contributed by atoms with E-state index < -0.39 is 5.82 Å². The van der Waals surface area contributed by atoms with Gasteiger partial charge in [-0.2, -0.15) is 5.10 Å². The molecule has 0 aliphatic rings. The molecule has 0 bridgehead atoms. The largest absolute Gasteiger partial charge is 0.351 e. The summed E-state index contributed by atoms with van der Waals surface area (Å²) >= 11 is 0. The fourth-order valence-electron chi connectivity index (χ4n) is 2.36. The van der Waals surface area contributed by atoms with Crippen molar-refractivity contribution >= 4 is 18.3 Å². The molecule has 2 rings (SSSR count). The molecule has 1 amide bonds. The van der Waals surface area contributed by atoms with Gasteiger partial charge in [0.2, 0.25) is 0 Å². The van der Waals surface area contributed by atoms with Gasteiger partial charge in [-0.15, -0.1) is 12.4 Å². The summed E-state index contributed by atoms with van der Waals surface area (Å²) in [6, 6.07) is 6.33. The number of halogens is 2. The minimum Gasteiger partial charge on any atom is -0.351 e. The lowest BCUT2D eigenvalue weighted by Gasteiger charge is -2.09. The summed E-state index contributed by atoms with van der Waals surface area (Å²) in [6.07, 6.45) is 1.05. The molecule has 7 heteroatoms. The molecule has 0 spiro atoms. The summed E-state index contributed by atoms with van der Waals surface area (Å²) < 4.78 is 15.9. The third-order valence-electron chi connectivity index (χ3n) is 3.46. The molecule has 0 aliphatic carbocycles. The molecule has 1 aromatic heterocycles. The number of aryl methyl sites for hydroxylation is 2. The minimum atomic E-state index is -0.465. The first-order valence-electron chi connectivity index (χ1n) is 7.85. The van der Waals surface area contributed by atoms with Crippen LogP contribution in [0.5, 0.6) is 0 Å². The Labute approximate surface area is 148 Å². The van der Waals surface area contributed by atoms with Crippen LogP contribution in [0, 0.1) is 19.7 Å². The summed E-state index contributed by atoms with van der Waals surface area (Å²) in [5, 5.41) is 10.2. The van der Waals surface area contributed by atoms with Crippen LogP contribution in [0.3, 0.4) is 0 Å². The van der Waals surface area contributed by atoms with Crippen molar-refractivity contribution in [2.45, 2.75) is 27.2 Å². The predicted molar refractivity (Wildman–Crippen MR) is 95.7 cm³/mol. The van der Waals surface area contributed by atoms with E-state index in [0.29, 0.717) is 24.3 Å². The van der Waals surface area contributed by atoms with Crippen molar-refractivity contribution in [2.75, 3.05) is 19.6 Å². The van der Waals surface area contributed by atoms with Crippen molar-refractivity contribution < 1.29 is 9.18 Å². The highest BCUT2D eigenvalue weighted by atomic mass is 35.5. The molecular formula is C17H24ClFN4O. The molecule has 132 valence electrons. The van der Waals surface area contributed by atoms with Crippen LogP contribution in [0.15, 0.2) is 24.3 Å². The van der Waals surface area contributed by atoms with Crippen LogP contribution in [0.4, 0.5) is 4.39 Å². The molecule has 0 unspecified atom stereocenters. The second-order valence-electron chi connectivity index (χ2n) is 5.51. The third-order valence-corrected chi connectivity index (χ3v) is 3.46. The van der Waals surface area contributed by atoms with Gasteiger partial charge in [0.05, 0.1) is 5.69 Å². The van der Waals surface area contributed by atoms with Gasteiger partial charge in [0.1, 0.15) is 11.5 Å². The highest BCUT2D eigenvalue weighted by Crippen LogP contribution is 2.17. The Hall–Kier alpha value is -1.92. The number of aromatic nitrogens is 2. The Balaban J connectivity index is 0.00000288. The second-order valence-corrected chi connectivity index (χ2v) is 5.51. The average molecular weight is 355 g/mol. The van der Waals surface area contributed by atoms with Crippen LogP contribution in [0.25, 0.3) is 5.69 Å². The number of rotatable bonds is 7. The summed E-state index contributed by atoms with van der Waals surface area (Å²) in [5.41, 5.74) is 2.32. The van der Waals surface area contributed by atoms with Crippen molar-refractivity contribution in [1.29, 1.82) is 0 Å². The van der Waals surface area contributed by atoms with E-state index in [1.807, 2.05) is 19.9 Å². The molecule has 0 atom stereocenters. The molecule has 1 heterocycles. The molecule has 0 saturated carbocycles. The molecule has 24 heavy (non-hydrogen) atoms. The van der Waals surface area contributed by atoms with Gasteiger partial charge in [-0.25, -0.2) is 9.07 Å². The Kier molecular flexibility index (Phi) is 7.88. The Morgan fingerprint density at radius 3 is 2.54 bits per heavy atom. The molecule has 5 nitrogen and oxygen atoms in total. The molecule has 0 aliphatic heterocycles. The van der Waals surface area contributed by atoms with E-state index in [2.05, 4.69) is 22.7 Å². The fraction of sp³-hybridized carbons (Fsp3) is 0.412. The molecular weight excluding hydrogens is 331 g/mol. The third kappa shape index (κ3) is 5.04. The summed E-state index contributed by atoms with van der Waals surface area (Å²) in [6.45, 7) is 7.94. The van der Waals surface area contributed by atoms with Crippen LogP contribution < -0.4 is 10.6 Å². The highest BCUT2D eigenvalue weighted by molar-refractivity contribution is 5.94. The van der Waals surface area contributed by atoms with Gasteiger partial charge in [-0.1, -0.05) is 6.92 Å². The number of nitrogens with one attached hydrogen (secondary N) is 2. The predicted octanol–water partition coefficient (Wildman–Crippen LogP) is 2.78. The van der Waals surface area contributed by atoms with Gasteiger partial charge in [-0.05, 0) is 51.1 Å². The van der Waals surface area contributed by atoms with Crippen molar-refractivity contribution in [3.63, 3.8) is 0 Å². The van der Waals surface area contributed by atoms with Crippen LogP contribution in [0.2, 0.25) is 0 Å². The Bertz CT molecular complexity index is 687. The van der Waals surface area contributed by atoms with Gasteiger partial charge in [-0.3, -0.25) is 4.79 Å². The number of amides is 1. The van der Waals surface area contributed by atoms with Gasteiger partial charge >= 0.3 is 0 Å². The lowest BCUT2D eigenvalue weighted by Crippen LogP contribution is -2.32. The van der Waals surface area contributed by atoms with Crippen LogP contribution in [-0.4, -0.2) is 35.3 Å². The van der Waals surface area contributed by atoms with Crippen molar-refractivity contribution in [1.82, 2.24) is 20.4 Å². The zero-order valence-corrected chi connectivity index (χ0v) is 15.0. The van der Waals surface area contributed by atoms with Gasteiger partial charge < -0.3 is 10.6 Å². The first-order valence-corrected chi connectivity index (χ1v) is 7.85. The lowest BCUT2D eigenvalue weighted by atomic mass is 10.2. The highest BCUT2D eigenvalue weighted by Gasteiger charge is 2.12. The van der Waals surface area contributed by atoms with E-state index in [1.165, 1.54) is 6.07 Å². The molecule has 2 aromatic rings. The van der Waals surface area contributed by atoms with Gasteiger partial charge in [0, 0.05) is 24.3 Å². The van der Waals surface area contributed by atoms with E-state index in [-0.39, 0.29) is 18.3 Å². The topological polar surface area (TPSA) is 58.9 Å². The van der Waals surface area contributed by atoms with Crippen molar-refractivity contribution in [3.05, 3.63) is 47.0 Å². The summed E-state index contributed by atoms with van der Waals surface area (Å²) in [7, 11) is 0. The quantitative estimate of drug-likeness (QED) is 0.752. The fourth-order valence-corrected chi connectivity index (χ4v) is 2.36. The van der Waals surface area contributed by atoms with Crippen LogP contribution in [-0.2, 0) is 0 Å². The zero-order valence-electron chi connectivity index (χ0n) is 14.2. The minimum absolute atomic E-state index is 0. The number of nitrogens with zero attached hydrogens (tertiary/aromatic N) is 2. The maximum absolute atomic E-state index is 14.3. The maximum Gasteiger partial charge on any atom is 0.251 e. The van der Waals surface area contributed by atoms with Crippen molar-refractivity contribution in [2.24, 2.45) is 0 Å². The van der Waals surface area contributed by atoms with Crippen LogP contribution >= 0.6 is 12.4 Å². The molecule has 0 saturated heterocycles. The Morgan fingerprint density at radius 1 is 1.21 bits per heavy atom. The number of hydrogen-bond acceptors (Lipinski definition) is 3. The lowest BCUT2D eigenvalue weighted by molar-refractivity contribution is 0.0953. The van der Waals surface area contributed by atoms with Gasteiger partial charge in [0.25, 0.3) is 5.91 Å². The smallest absolute Gasteiger partial charge is 0.251 e. The maximum atomic E-state index is 14.3. The summed E-state index contributed by atoms with van der Waals surface area (Å²) in [4.78, 5) is 12.0. The van der Waals surface area contributed by atoms with E-state index in [9.17, 15) is 9.18 Å². The van der Waals surface area contributed by atoms with E-state index >= 15 is 0 Å². The number of benzene rings is 1. The molecule has 0 fully saturated rings. The molecule has 0 radical (unpaired) electrons. The van der Waals surface area contributed by atoms with E-state index in [4.69, 9.17) is 0 Å². The van der Waals surface area contributed by atoms with E-state index in [1.54, 1.807) is 16.8 Å². The van der Waals surface area contributed by atoms with Crippen LogP contribution in [0.1, 0.15) is 35.1 Å². The first-order chi connectivity index (χ1) is 11.0. The molecule has 1 aromatic carbocycles. The van der Waals surface area contributed by atoms with Crippen molar-refractivity contribution in [3.8, 4) is 5.69 Å². The SMILES string of the molecule is CCCNCCNC(=O)c1ccc(-n2nc(C)cc2C)c(F)c1.Cl. The zero-order chi connectivity index (χ0) is 16.8. The normalized spacial score (nSPS) is 10.3. The van der Waals surface area contributed by atoms with Gasteiger partial charge in [0.15, 0.2) is 0 Å². The number of hydrogen-bond donors (Lipinski definition) is 2. The monoisotopic (exact) mass is 354 g/mol. The number of carbonyl (C=O) groups excluding carboxylic acids is 1.